The van der Waals surface area contributed by atoms with Crippen molar-refractivity contribution < 1.29 is 9.53 Å². The highest BCUT2D eigenvalue weighted by molar-refractivity contribution is 5.81. The van der Waals surface area contributed by atoms with Crippen LogP contribution in [0.1, 0.15) is 46.0 Å². The molecule has 0 spiro atoms. The fraction of sp³-hybridized carbons (Fsp3) is 0.929. The molecule has 1 amide bonds. The zero-order valence-corrected chi connectivity index (χ0v) is 11.7. The Morgan fingerprint density at radius 2 is 2.17 bits per heavy atom. The zero-order valence-electron chi connectivity index (χ0n) is 11.7. The third-order valence-corrected chi connectivity index (χ3v) is 4.12. The van der Waals surface area contributed by atoms with Gasteiger partial charge in [0.05, 0.1) is 0 Å². The number of carbonyl (C=O) groups excluding carboxylic acids is 1. The number of nitrogens with one attached hydrogen (secondary N) is 1. The number of hydrogen-bond donors (Lipinski definition) is 1. The first-order valence-corrected chi connectivity index (χ1v) is 7.38. The quantitative estimate of drug-likeness (QED) is 0.757. The number of rotatable bonds is 5. The number of hydrogen-bond acceptors (Lipinski definition) is 3. The summed E-state index contributed by atoms with van der Waals surface area (Å²) in [7, 11) is 0. The van der Waals surface area contributed by atoms with Crippen LogP contribution in [0.5, 0.6) is 0 Å². The molecule has 4 heteroatoms. The Hall–Kier alpha value is -0.610. The van der Waals surface area contributed by atoms with E-state index in [1.54, 1.807) is 0 Å². The molecule has 0 aromatic rings. The van der Waals surface area contributed by atoms with Crippen molar-refractivity contribution in [3.63, 3.8) is 0 Å². The molecule has 2 aliphatic heterocycles. The summed E-state index contributed by atoms with van der Waals surface area (Å²) in [5, 5.41) is 3.42. The lowest BCUT2D eigenvalue weighted by Gasteiger charge is -2.30. The summed E-state index contributed by atoms with van der Waals surface area (Å²) < 4.78 is 5.65. The van der Waals surface area contributed by atoms with Gasteiger partial charge in [0.25, 0.3) is 5.91 Å². The first-order chi connectivity index (χ1) is 8.74. The molecule has 0 aromatic carbocycles. The Morgan fingerprint density at radius 3 is 2.94 bits per heavy atom. The van der Waals surface area contributed by atoms with Gasteiger partial charge in [0, 0.05) is 25.2 Å². The molecule has 3 atom stereocenters. The van der Waals surface area contributed by atoms with Crippen LogP contribution in [0.4, 0.5) is 0 Å². The predicted octanol–water partition coefficient (Wildman–Crippen LogP) is 1.54. The summed E-state index contributed by atoms with van der Waals surface area (Å²) in [5.74, 6) is 0.197. The Bertz CT molecular complexity index is 269. The molecule has 18 heavy (non-hydrogen) atoms. The highest BCUT2D eigenvalue weighted by atomic mass is 16.5. The molecule has 2 bridgehead atoms. The van der Waals surface area contributed by atoms with Gasteiger partial charge in [-0.3, -0.25) is 4.79 Å². The minimum Gasteiger partial charge on any atom is -0.369 e. The fourth-order valence-corrected chi connectivity index (χ4v) is 3.03. The summed E-state index contributed by atoms with van der Waals surface area (Å²) in [6, 6.07) is 0.831. The van der Waals surface area contributed by atoms with Gasteiger partial charge in [-0.05, 0) is 39.2 Å². The van der Waals surface area contributed by atoms with Crippen molar-refractivity contribution in [1.29, 1.82) is 0 Å². The van der Waals surface area contributed by atoms with Crippen molar-refractivity contribution in [1.82, 2.24) is 10.2 Å². The maximum Gasteiger partial charge on any atom is 0.251 e. The number of nitrogens with zero attached hydrogens (tertiary/aromatic N) is 1. The van der Waals surface area contributed by atoms with E-state index in [4.69, 9.17) is 4.74 Å². The van der Waals surface area contributed by atoms with Gasteiger partial charge in [0.2, 0.25) is 0 Å². The van der Waals surface area contributed by atoms with Crippen LogP contribution in [-0.4, -0.2) is 48.7 Å². The highest BCUT2D eigenvalue weighted by Gasteiger charge is 2.39. The van der Waals surface area contributed by atoms with Gasteiger partial charge in [0.1, 0.15) is 6.10 Å². The Morgan fingerprint density at radius 1 is 1.39 bits per heavy atom. The topological polar surface area (TPSA) is 41.6 Å². The zero-order chi connectivity index (χ0) is 13.0. The average molecular weight is 254 g/mol. The molecule has 2 rings (SSSR count). The van der Waals surface area contributed by atoms with E-state index in [1.165, 1.54) is 6.42 Å². The summed E-state index contributed by atoms with van der Waals surface area (Å²) in [5.41, 5.74) is 0. The lowest BCUT2D eigenvalue weighted by molar-refractivity contribution is -0.145. The summed E-state index contributed by atoms with van der Waals surface area (Å²) in [4.78, 5) is 14.6. The molecule has 2 saturated heterocycles. The van der Waals surface area contributed by atoms with Gasteiger partial charge in [-0.2, -0.15) is 0 Å². The van der Waals surface area contributed by atoms with Crippen LogP contribution in [0.2, 0.25) is 0 Å². The third-order valence-electron chi connectivity index (χ3n) is 4.12. The van der Waals surface area contributed by atoms with Crippen molar-refractivity contribution in [2.24, 2.45) is 0 Å². The van der Waals surface area contributed by atoms with Gasteiger partial charge in [-0.25, -0.2) is 0 Å². The summed E-state index contributed by atoms with van der Waals surface area (Å²) >= 11 is 0. The minimum absolute atomic E-state index is 0.197. The van der Waals surface area contributed by atoms with E-state index in [2.05, 4.69) is 17.1 Å². The van der Waals surface area contributed by atoms with Crippen molar-refractivity contribution in [2.75, 3.05) is 19.7 Å². The summed E-state index contributed by atoms with van der Waals surface area (Å²) in [6.07, 6.45) is 5.26. The van der Waals surface area contributed by atoms with E-state index in [-0.39, 0.29) is 12.0 Å². The van der Waals surface area contributed by atoms with Crippen molar-refractivity contribution in [3.05, 3.63) is 0 Å². The first kappa shape index (κ1) is 13.8. The van der Waals surface area contributed by atoms with E-state index in [0.29, 0.717) is 18.7 Å². The van der Waals surface area contributed by atoms with E-state index < -0.39 is 0 Å². The van der Waals surface area contributed by atoms with Crippen LogP contribution in [0.3, 0.4) is 0 Å². The van der Waals surface area contributed by atoms with Gasteiger partial charge in [0.15, 0.2) is 0 Å². The molecule has 1 N–H and O–H groups in total. The highest BCUT2D eigenvalue weighted by Crippen LogP contribution is 2.28. The third kappa shape index (κ3) is 3.04. The standard InChI is InChI=1S/C14H26N2O2/c1-3-4-9-18-11(2)14(17)16-12-5-6-13(16)10-15-8-7-12/h11-13,15H,3-10H2,1-2H3. The molecule has 0 aromatic heterocycles. The van der Waals surface area contributed by atoms with E-state index >= 15 is 0 Å². The molecular formula is C14H26N2O2. The largest absolute Gasteiger partial charge is 0.369 e. The predicted molar refractivity (Wildman–Crippen MR) is 71.5 cm³/mol. The maximum absolute atomic E-state index is 12.5. The Labute approximate surface area is 110 Å². The molecule has 0 saturated carbocycles. The van der Waals surface area contributed by atoms with Crippen LogP contribution in [-0.2, 0) is 9.53 Å². The molecule has 4 nitrogen and oxygen atoms in total. The van der Waals surface area contributed by atoms with Crippen LogP contribution in [0.15, 0.2) is 0 Å². The SMILES string of the molecule is CCCCOC(C)C(=O)N1C2CCNCC1CC2. The van der Waals surface area contributed by atoms with Gasteiger partial charge < -0.3 is 15.0 Å². The van der Waals surface area contributed by atoms with Crippen molar-refractivity contribution in [2.45, 2.75) is 64.1 Å². The van der Waals surface area contributed by atoms with Gasteiger partial charge >= 0.3 is 0 Å². The first-order valence-electron chi connectivity index (χ1n) is 7.38. The van der Waals surface area contributed by atoms with Crippen molar-refractivity contribution in [3.8, 4) is 0 Å². The molecular weight excluding hydrogens is 228 g/mol. The van der Waals surface area contributed by atoms with Crippen LogP contribution < -0.4 is 5.32 Å². The van der Waals surface area contributed by atoms with Crippen molar-refractivity contribution >= 4 is 5.91 Å². The second kappa shape index (κ2) is 6.53. The van der Waals surface area contributed by atoms with Crippen LogP contribution >= 0.6 is 0 Å². The van der Waals surface area contributed by atoms with Crippen LogP contribution in [0.25, 0.3) is 0 Å². The Balaban J connectivity index is 1.90. The molecule has 2 heterocycles. The van der Waals surface area contributed by atoms with E-state index in [9.17, 15) is 4.79 Å². The smallest absolute Gasteiger partial charge is 0.251 e. The average Bonchev–Trinajstić information content (AvgIpc) is 2.62. The molecule has 3 unspecified atom stereocenters. The molecule has 104 valence electrons. The maximum atomic E-state index is 12.5. The fourth-order valence-electron chi connectivity index (χ4n) is 3.03. The van der Waals surface area contributed by atoms with E-state index in [0.717, 1.165) is 38.8 Å². The lowest BCUT2D eigenvalue weighted by Crippen LogP contribution is -2.47. The van der Waals surface area contributed by atoms with E-state index in [1.807, 2.05) is 6.92 Å². The second-order valence-corrected chi connectivity index (χ2v) is 5.49. The number of amides is 1. The Kier molecular flexibility index (Phi) is 5.01. The normalized spacial score (nSPS) is 29.1. The molecule has 0 aliphatic carbocycles. The molecule has 2 fully saturated rings. The summed E-state index contributed by atoms with van der Waals surface area (Å²) in [6.45, 7) is 6.72. The monoisotopic (exact) mass is 254 g/mol. The number of unbranched alkanes of at least 4 members (excludes halogenated alkanes) is 1. The molecule has 0 radical (unpaired) electrons. The minimum atomic E-state index is -0.280. The number of fused-ring (bicyclic) bond motifs is 2. The number of carbonyl (C=O) groups is 1. The van der Waals surface area contributed by atoms with Gasteiger partial charge in [-0.15, -0.1) is 0 Å². The number of ether oxygens (including phenoxy) is 1. The van der Waals surface area contributed by atoms with Gasteiger partial charge in [-0.1, -0.05) is 13.3 Å². The van der Waals surface area contributed by atoms with Crippen LogP contribution in [0, 0.1) is 0 Å². The lowest BCUT2D eigenvalue weighted by atomic mass is 10.1. The molecule has 2 aliphatic rings. The second-order valence-electron chi connectivity index (χ2n) is 5.49.